The monoisotopic (exact) mass is 413 g/mol. The third-order valence-electron chi connectivity index (χ3n) is 3.93. The molecular formula is C19H15N3O6S. The van der Waals surface area contributed by atoms with Crippen LogP contribution >= 0.6 is 11.3 Å². The van der Waals surface area contributed by atoms with E-state index in [2.05, 4.69) is 5.32 Å². The number of carbonyl (C=O) groups excluding carboxylic acids is 1. The molecule has 1 N–H and O–H groups in total. The third-order valence-corrected chi connectivity index (χ3v) is 4.91. The summed E-state index contributed by atoms with van der Waals surface area (Å²) in [6, 6.07) is 11.9. The molecule has 9 nitrogen and oxygen atoms in total. The van der Waals surface area contributed by atoms with Crippen LogP contribution in [0, 0.1) is 27.2 Å². The van der Waals surface area contributed by atoms with Gasteiger partial charge in [-0.3, -0.25) is 25.0 Å². The summed E-state index contributed by atoms with van der Waals surface area (Å²) < 4.78 is 5.56. The van der Waals surface area contributed by atoms with E-state index in [0.717, 1.165) is 11.1 Å². The van der Waals surface area contributed by atoms with Gasteiger partial charge in [0, 0.05) is 23.8 Å². The van der Waals surface area contributed by atoms with Crippen LogP contribution in [0.25, 0.3) is 0 Å². The summed E-state index contributed by atoms with van der Waals surface area (Å²) in [5, 5.41) is 26.1. The quantitative estimate of drug-likeness (QED) is 0.442. The van der Waals surface area contributed by atoms with E-state index in [0.29, 0.717) is 10.6 Å². The normalized spacial score (nSPS) is 10.4. The topological polar surface area (TPSA) is 125 Å². The molecule has 0 aliphatic heterocycles. The van der Waals surface area contributed by atoms with Crippen LogP contribution in [0.1, 0.15) is 20.8 Å². The van der Waals surface area contributed by atoms with E-state index in [4.69, 9.17) is 4.74 Å². The van der Waals surface area contributed by atoms with E-state index in [9.17, 15) is 25.0 Å². The smallest absolute Gasteiger partial charge is 0.293 e. The van der Waals surface area contributed by atoms with E-state index >= 15 is 0 Å². The Bertz CT molecular complexity index is 1080. The summed E-state index contributed by atoms with van der Waals surface area (Å²) in [6.07, 6.45) is 0. The van der Waals surface area contributed by atoms with E-state index < -0.39 is 15.8 Å². The molecule has 0 atom stereocenters. The summed E-state index contributed by atoms with van der Waals surface area (Å²) >= 11 is 1.18. The first-order valence-corrected chi connectivity index (χ1v) is 9.22. The van der Waals surface area contributed by atoms with Crippen molar-refractivity contribution in [2.75, 3.05) is 5.32 Å². The van der Waals surface area contributed by atoms with Crippen molar-refractivity contribution >= 4 is 34.3 Å². The van der Waals surface area contributed by atoms with E-state index in [1.165, 1.54) is 47.7 Å². The Balaban J connectivity index is 1.64. The van der Waals surface area contributed by atoms with Gasteiger partial charge in [-0.25, -0.2) is 0 Å². The molecule has 0 spiro atoms. The third kappa shape index (κ3) is 4.93. The molecule has 1 heterocycles. The Kier molecular flexibility index (Phi) is 5.84. The summed E-state index contributed by atoms with van der Waals surface area (Å²) in [5.41, 5.74) is 1.38. The first-order valence-electron chi connectivity index (χ1n) is 8.34. The zero-order chi connectivity index (χ0) is 21.0. The van der Waals surface area contributed by atoms with Crippen molar-refractivity contribution in [1.82, 2.24) is 0 Å². The van der Waals surface area contributed by atoms with Gasteiger partial charge in [-0.2, -0.15) is 0 Å². The lowest BCUT2D eigenvalue weighted by Gasteiger charge is -2.05. The number of benzene rings is 2. The zero-order valence-electron chi connectivity index (χ0n) is 15.2. The van der Waals surface area contributed by atoms with Gasteiger partial charge in [-0.05, 0) is 42.1 Å². The van der Waals surface area contributed by atoms with Gasteiger partial charge < -0.3 is 10.1 Å². The molecule has 0 unspecified atom stereocenters. The zero-order valence-corrected chi connectivity index (χ0v) is 16.0. The van der Waals surface area contributed by atoms with Gasteiger partial charge in [0.2, 0.25) is 0 Å². The lowest BCUT2D eigenvalue weighted by Crippen LogP contribution is -2.11. The van der Waals surface area contributed by atoms with Gasteiger partial charge >= 0.3 is 0 Å². The van der Waals surface area contributed by atoms with Gasteiger partial charge in [-0.15, -0.1) is 11.3 Å². The number of nitro benzene ring substituents is 2. The Labute approximate surface area is 168 Å². The number of carbonyl (C=O) groups is 1. The van der Waals surface area contributed by atoms with Crippen LogP contribution in [0.15, 0.2) is 53.9 Å². The maximum Gasteiger partial charge on any atom is 0.293 e. The van der Waals surface area contributed by atoms with Crippen LogP contribution in [0.4, 0.5) is 17.1 Å². The van der Waals surface area contributed by atoms with Crippen molar-refractivity contribution < 1.29 is 19.4 Å². The van der Waals surface area contributed by atoms with Gasteiger partial charge in [0.15, 0.2) is 0 Å². The minimum atomic E-state index is -0.541. The summed E-state index contributed by atoms with van der Waals surface area (Å²) in [6.45, 7) is 1.90. The molecule has 0 aliphatic rings. The van der Waals surface area contributed by atoms with Crippen LogP contribution in [-0.2, 0) is 6.61 Å². The lowest BCUT2D eigenvalue weighted by molar-refractivity contribution is -0.384. The lowest BCUT2D eigenvalue weighted by atomic mass is 10.2. The van der Waals surface area contributed by atoms with Crippen LogP contribution in [0.2, 0.25) is 0 Å². The van der Waals surface area contributed by atoms with Gasteiger partial charge in [-0.1, -0.05) is 6.07 Å². The average molecular weight is 413 g/mol. The van der Waals surface area contributed by atoms with Crippen molar-refractivity contribution in [2.45, 2.75) is 13.5 Å². The molecule has 2 aromatic carbocycles. The Morgan fingerprint density at radius 2 is 1.79 bits per heavy atom. The molecule has 0 aliphatic carbocycles. The van der Waals surface area contributed by atoms with E-state index in [1.807, 2.05) is 0 Å². The SMILES string of the molecule is Cc1ccc(NC(=O)c2cc(COc3ccc([N+](=O)[O-])cc3)cs2)c([N+](=O)[O-])c1. The van der Waals surface area contributed by atoms with Crippen molar-refractivity contribution in [3.63, 3.8) is 0 Å². The van der Waals surface area contributed by atoms with Crippen LogP contribution < -0.4 is 10.1 Å². The highest BCUT2D eigenvalue weighted by atomic mass is 32.1. The fraction of sp³-hybridized carbons (Fsp3) is 0.105. The predicted molar refractivity (Wildman–Crippen MR) is 108 cm³/mol. The summed E-state index contributed by atoms with van der Waals surface area (Å²) in [5.74, 6) is 0.00613. The molecule has 10 heteroatoms. The number of non-ortho nitro benzene ring substituents is 1. The highest BCUT2D eigenvalue weighted by Crippen LogP contribution is 2.27. The molecular weight excluding hydrogens is 398 g/mol. The summed E-state index contributed by atoms with van der Waals surface area (Å²) in [7, 11) is 0. The van der Waals surface area contributed by atoms with E-state index in [1.54, 1.807) is 24.4 Å². The highest BCUT2D eigenvalue weighted by molar-refractivity contribution is 7.12. The number of nitrogens with one attached hydrogen (secondary N) is 1. The number of thiophene rings is 1. The number of nitrogens with zero attached hydrogens (tertiary/aromatic N) is 2. The van der Waals surface area contributed by atoms with Crippen molar-refractivity contribution in [2.24, 2.45) is 0 Å². The molecule has 0 saturated carbocycles. The number of nitro groups is 2. The first-order chi connectivity index (χ1) is 13.8. The molecule has 1 aromatic heterocycles. The van der Waals surface area contributed by atoms with Gasteiger partial charge in [0.1, 0.15) is 18.0 Å². The number of anilines is 1. The molecule has 29 heavy (non-hydrogen) atoms. The molecule has 3 rings (SSSR count). The van der Waals surface area contributed by atoms with E-state index in [-0.39, 0.29) is 23.7 Å². The Hall–Kier alpha value is -3.79. The van der Waals surface area contributed by atoms with Crippen molar-refractivity contribution in [3.8, 4) is 5.75 Å². The second-order valence-electron chi connectivity index (χ2n) is 6.09. The number of hydrogen-bond donors (Lipinski definition) is 1. The van der Waals surface area contributed by atoms with Crippen LogP contribution in [-0.4, -0.2) is 15.8 Å². The number of rotatable bonds is 7. The van der Waals surface area contributed by atoms with Crippen LogP contribution in [0.5, 0.6) is 5.75 Å². The molecule has 0 saturated heterocycles. The largest absolute Gasteiger partial charge is 0.489 e. The number of aryl methyl sites for hydroxylation is 1. The second-order valence-corrected chi connectivity index (χ2v) is 7.00. The maximum absolute atomic E-state index is 12.4. The van der Waals surface area contributed by atoms with Gasteiger partial charge in [0.25, 0.3) is 17.3 Å². The van der Waals surface area contributed by atoms with Gasteiger partial charge in [0.05, 0.1) is 14.7 Å². The predicted octanol–water partition coefficient (Wildman–Crippen LogP) is 4.70. The second kappa shape index (κ2) is 8.48. The average Bonchev–Trinajstić information content (AvgIpc) is 3.17. The summed E-state index contributed by atoms with van der Waals surface area (Å²) in [4.78, 5) is 33.6. The minimum Gasteiger partial charge on any atom is -0.489 e. The standard InChI is InChI=1S/C19H15N3O6S/c1-12-2-7-16(17(8-12)22(26)27)20-19(23)18-9-13(11-29-18)10-28-15-5-3-14(4-6-15)21(24)25/h2-9,11H,10H2,1H3,(H,20,23). The molecule has 0 radical (unpaired) electrons. The maximum atomic E-state index is 12.4. The van der Waals surface area contributed by atoms with Crippen molar-refractivity contribution in [1.29, 1.82) is 0 Å². The van der Waals surface area contributed by atoms with Crippen LogP contribution in [0.3, 0.4) is 0 Å². The fourth-order valence-corrected chi connectivity index (χ4v) is 3.28. The number of ether oxygens (including phenoxy) is 1. The first kappa shape index (κ1) is 20.0. The molecule has 0 fully saturated rings. The molecule has 3 aromatic rings. The Morgan fingerprint density at radius 3 is 2.45 bits per heavy atom. The molecule has 0 bridgehead atoms. The highest BCUT2D eigenvalue weighted by Gasteiger charge is 2.18. The number of amides is 1. The van der Waals surface area contributed by atoms with Crippen molar-refractivity contribution in [3.05, 3.63) is 90.1 Å². The Morgan fingerprint density at radius 1 is 1.07 bits per heavy atom. The number of hydrogen-bond acceptors (Lipinski definition) is 7. The minimum absolute atomic E-state index is 0.0305. The fourth-order valence-electron chi connectivity index (χ4n) is 2.48. The molecule has 148 valence electrons. The molecule has 1 amide bonds.